The predicted molar refractivity (Wildman–Crippen MR) is 99.3 cm³/mol. The minimum absolute atomic E-state index is 0.111. The van der Waals surface area contributed by atoms with Crippen LogP contribution < -0.4 is 5.32 Å². The molecule has 1 N–H and O–H groups in total. The van der Waals surface area contributed by atoms with Gasteiger partial charge in [-0.1, -0.05) is 48.9 Å². The molecule has 1 aromatic heterocycles. The summed E-state index contributed by atoms with van der Waals surface area (Å²) < 4.78 is 2.05. The Hall–Kier alpha value is -2.62. The summed E-state index contributed by atoms with van der Waals surface area (Å²) in [6.45, 7) is 1.39. The van der Waals surface area contributed by atoms with E-state index >= 15 is 0 Å². The van der Waals surface area contributed by atoms with Crippen molar-refractivity contribution in [2.45, 2.75) is 37.6 Å². The molecule has 4 rings (SSSR count). The Kier molecular flexibility index (Phi) is 4.26. The van der Waals surface area contributed by atoms with Crippen LogP contribution in [0.4, 0.5) is 0 Å². The van der Waals surface area contributed by atoms with Gasteiger partial charge in [-0.05, 0) is 30.5 Å². The molecular weight excluding hydrogens is 310 g/mol. The molecule has 1 heterocycles. The van der Waals surface area contributed by atoms with Gasteiger partial charge in [-0.2, -0.15) is 0 Å². The second-order valence-electron chi connectivity index (χ2n) is 6.95. The van der Waals surface area contributed by atoms with Crippen LogP contribution in [0.3, 0.4) is 0 Å². The van der Waals surface area contributed by atoms with Crippen molar-refractivity contribution >= 4 is 16.9 Å². The van der Waals surface area contributed by atoms with Crippen LogP contribution in [-0.4, -0.2) is 22.0 Å². The van der Waals surface area contributed by atoms with Gasteiger partial charge in [0.2, 0.25) is 5.91 Å². The molecule has 1 aliphatic rings. The Balaban J connectivity index is 1.35. The first kappa shape index (κ1) is 15.9. The van der Waals surface area contributed by atoms with E-state index in [9.17, 15) is 4.79 Å². The molecule has 4 heteroatoms. The maximum Gasteiger partial charge on any atom is 0.221 e. The number of hydrogen-bond acceptors (Lipinski definition) is 2. The molecule has 4 nitrogen and oxygen atoms in total. The van der Waals surface area contributed by atoms with Gasteiger partial charge in [-0.15, -0.1) is 0 Å². The lowest BCUT2D eigenvalue weighted by Crippen LogP contribution is -2.45. The van der Waals surface area contributed by atoms with Crippen LogP contribution in [-0.2, 0) is 16.8 Å². The van der Waals surface area contributed by atoms with Crippen molar-refractivity contribution in [1.82, 2.24) is 14.9 Å². The molecule has 1 saturated carbocycles. The first-order valence-electron chi connectivity index (χ1n) is 8.99. The summed E-state index contributed by atoms with van der Waals surface area (Å²) in [4.78, 5) is 16.7. The van der Waals surface area contributed by atoms with Crippen LogP contribution in [0.1, 0.15) is 31.2 Å². The van der Waals surface area contributed by atoms with Crippen LogP contribution in [0.2, 0.25) is 0 Å². The zero-order valence-electron chi connectivity index (χ0n) is 14.3. The molecule has 25 heavy (non-hydrogen) atoms. The number of carbonyl (C=O) groups excluding carboxylic acids is 1. The van der Waals surface area contributed by atoms with Gasteiger partial charge in [0.25, 0.3) is 0 Å². The number of amides is 1. The average Bonchev–Trinajstić information content (AvgIpc) is 3.03. The Bertz CT molecular complexity index is 865. The van der Waals surface area contributed by atoms with Crippen molar-refractivity contribution < 1.29 is 4.79 Å². The zero-order chi connectivity index (χ0) is 17.1. The maximum absolute atomic E-state index is 12.3. The first-order valence-corrected chi connectivity index (χ1v) is 8.99. The Labute approximate surface area is 147 Å². The van der Waals surface area contributed by atoms with Gasteiger partial charge in [0, 0.05) is 24.9 Å². The molecule has 3 aromatic rings. The van der Waals surface area contributed by atoms with Gasteiger partial charge in [0.1, 0.15) is 0 Å². The molecule has 0 unspecified atom stereocenters. The van der Waals surface area contributed by atoms with E-state index in [0.717, 1.165) is 30.4 Å². The lowest BCUT2D eigenvalue weighted by molar-refractivity contribution is -0.121. The minimum atomic E-state index is 0.111. The number of hydrogen-bond donors (Lipinski definition) is 1. The summed E-state index contributed by atoms with van der Waals surface area (Å²) in [5, 5.41) is 3.16. The Morgan fingerprint density at radius 2 is 1.84 bits per heavy atom. The lowest BCUT2D eigenvalue weighted by Gasteiger charge is -2.42. The summed E-state index contributed by atoms with van der Waals surface area (Å²) in [5.41, 5.74) is 3.54. The SMILES string of the molecule is O=C(CCn1cnc2ccccc21)NCC1(c2ccccc2)CCC1. The third-order valence-electron chi connectivity index (χ3n) is 5.43. The van der Waals surface area contributed by atoms with Gasteiger partial charge in [0.15, 0.2) is 0 Å². The van der Waals surface area contributed by atoms with Crippen molar-refractivity contribution in [3.8, 4) is 0 Å². The summed E-state index contributed by atoms with van der Waals surface area (Å²) in [7, 11) is 0. The number of benzene rings is 2. The number of fused-ring (bicyclic) bond motifs is 1. The van der Waals surface area contributed by atoms with E-state index < -0.39 is 0 Å². The van der Waals surface area contributed by atoms with Gasteiger partial charge in [-0.25, -0.2) is 4.98 Å². The molecule has 2 aromatic carbocycles. The fourth-order valence-corrected chi connectivity index (χ4v) is 3.73. The quantitative estimate of drug-likeness (QED) is 0.748. The summed E-state index contributed by atoms with van der Waals surface area (Å²) in [6, 6.07) is 18.6. The molecule has 128 valence electrons. The van der Waals surface area contributed by atoms with Crippen LogP contribution >= 0.6 is 0 Å². The molecule has 1 amide bonds. The van der Waals surface area contributed by atoms with E-state index in [1.807, 2.05) is 41.2 Å². The third kappa shape index (κ3) is 3.16. The minimum Gasteiger partial charge on any atom is -0.355 e. The van der Waals surface area contributed by atoms with Crippen LogP contribution in [0.15, 0.2) is 60.9 Å². The van der Waals surface area contributed by atoms with E-state index in [1.54, 1.807) is 0 Å². The van der Waals surface area contributed by atoms with Crippen molar-refractivity contribution in [2.24, 2.45) is 0 Å². The maximum atomic E-state index is 12.3. The molecule has 0 spiro atoms. The van der Waals surface area contributed by atoms with Gasteiger partial charge < -0.3 is 9.88 Å². The number of para-hydroxylation sites is 2. The van der Waals surface area contributed by atoms with Crippen molar-refractivity contribution in [3.63, 3.8) is 0 Å². The molecule has 0 bridgehead atoms. The fourth-order valence-electron chi connectivity index (χ4n) is 3.73. The van der Waals surface area contributed by atoms with Gasteiger partial charge in [0.05, 0.1) is 17.4 Å². The van der Waals surface area contributed by atoms with E-state index in [2.05, 4.69) is 34.6 Å². The predicted octanol–water partition coefficient (Wildman–Crippen LogP) is 3.66. The summed E-state index contributed by atoms with van der Waals surface area (Å²) in [5.74, 6) is 0.111. The highest BCUT2D eigenvalue weighted by atomic mass is 16.1. The highest BCUT2D eigenvalue weighted by Gasteiger charge is 2.38. The topological polar surface area (TPSA) is 46.9 Å². The van der Waals surface area contributed by atoms with Gasteiger partial charge >= 0.3 is 0 Å². The highest BCUT2D eigenvalue weighted by molar-refractivity contribution is 5.77. The monoisotopic (exact) mass is 333 g/mol. The Morgan fingerprint density at radius 3 is 2.60 bits per heavy atom. The molecule has 1 aliphatic carbocycles. The summed E-state index contributed by atoms with van der Waals surface area (Å²) in [6.07, 6.45) is 5.85. The number of rotatable bonds is 6. The molecule has 0 radical (unpaired) electrons. The van der Waals surface area contributed by atoms with Crippen molar-refractivity contribution in [1.29, 1.82) is 0 Å². The zero-order valence-corrected chi connectivity index (χ0v) is 14.3. The van der Waals surface area contributed by atoms with E-state index in [1.165, 1.54) is 12.0 Å². The lowest BCUT2D eigenvalue weighted by atomic mass is 9.64. The van der Waals surface area contributed by atoms with Crippen molar-refractivity contribution in [3.05, 3.63) is 66.5 Å². The first-order chi connectivity index (χ1) is 12.3. The number of imidazole rings is 1. The second-order valence-corrected chi connectivity index (χ2v) is 6.95. The molecule has 0 aliphatic heterocycles. The average molecular weight is 333 g/mol. The molecular formula is C21H23N3O. The van der Waals surface area contributed by atoms with Crippen LogP contribution in [0.25, 0.3) is 11.0 Å². The number of nitrogens with zero attached hydrogens (tertiary/aromatic N) is 2. The van der Waals surface area contributed by atoms with Crippen molar-refractivity contribution in [2.75, 3.05) is 6.54 Å². The standard InChI is InChI=1S/C21H23N3O/c25-20(11-14-24-16-23-18-9-4-5-10-19(18)24)22-15-21(12-6-13-21)17-7-2-1-3-8-17/h1-5,7-10,16H,6,11-15H2,(H,22,25). The van der Waals surface area contributed by atoms with E-state index in [4.69, 9.17) is 0 Å². The smallest absolute Gasteiger partial charge is 0.221 e. The van der Waals surface area contributed by atoms with Crippen LogP contribution in [0.5, 0.6) is 0 Å². The third-order valence-corrected chi connectivity index (χ3v) is 5.43. The molecule has 1 fully saturated rings. The number of aryl methyl sites for hydroxylation is 1. The van der Waals surface area contributed by atoms with Crippen LogP contribution in [0, 0.1) is 0 Å². The number of nitrogens with one attached hydrogen (secondary N) is 1. The Morgan fingerprint density at radius 1 is 1.08 bits per heavy atom. The number of carbonyl (C=O) groups is 1. The largest absolute Gasteiger partial charge is 0.355 e. The number of aromatic nitrogens is 2. The highest BCUT2D eigenvalue weighted by Crippen LogP contribution is 2.43. The van der Waals surface area contributed by atoms with Gasteiger partial charge in [-0.3, -0.25) is 4.79 Å². The molecule has 0 saturated heterocycles. The molecule has 0 atom stereocenters. The normalized spacial score (nSPS) is 15.7. The summed E-state index contributed by atoms with van der Waals surface area (Å²) >= 11 is 0. The second kappa shape index (κ2) is 6.71. The fraction of sp³-hybridized carbons (Fsp3) is 0.333. The van der Waals surface area contributed by atoms with E-state index in [-0.39, 0.29) is 11.3 Å². The van der Waals surface area contributed by atoms with E-state index in [0.29, 0.717) is 13.0 Å².